The van der Waals surface area contributed by atoms with Gasteiger partial charge >= 0.3 is 0 Å². The fraction of sp³-hybridized carbons (Fsp3) is 0.0769. The molecule has 0 amide bonds. The molecule has 1 aromatic carbocycles. The minimum Gasteiger partial charge on any atom is -0.481 e. The largest absolute Gasteiger partial charge is 0.481 e. The molecule has 0 aliphatic rings. The van der Waals surface area contributed by atoms with Gasteiger partial charge in [0.25, 0.3) is 0 Å². The van der Waals surface area contributed by atoms with Gasteiger partial charge in [-0.15, -0.1) is 0 Å². The molecule has 2 aromatic rings. The van der Waals surface area contributed by atoms with Gasteiger partial charge in [-0.3, -0.25) is 4.98 Å². The third kappa shape index (κ3) is 2.81. The van der Waals surface area contributed by atoms with Crippen molar-refractivity contribution in [3.63, 3.8) is 0 Å². The molecule has 0 saturated heterocycles. The van der Waals surface area contributed by atoms with Crippen LogP contribution in [0.3, 0.4) is 0 Å². The molecule has 15 heavy (non-hydrogen) atoms. The van der Waals surface area contributed by atoms with Crippen LogP contribution in [0.1, 0.15) is 11.1 Å². The van der Waals surface area contributed by atoms with E-state index in [1.54, 1.807) is 19.0 Å². The van der Waals surface area contributed by atoms with Crippen LogP contribution in [0.2, 0.25) is 0 Å². The zero-order valence-corrected chi connectivity index (χ0v) is 8.55. The van der Waals surface area contributed by atoms with E-state index in [4.69, 9.17) is 4.74 Å². The number of hydrogen-bond donors (Lipinski definition) is 0. The second-order valence-corrected chi connectivity index (χ2v) is 3.33. The van der Waals surface area contributed by atoms with Gasteiger partial charge in [0.1, 0.15) is 5.75 Å². The SMILES string of the molecule is Cc1cccc([CH]Oc2ccncc2)c1. The summed E-state index contributed by atoms with van der Waals surface area (Å²) in [5.41, 5.74) is 2.29. The van der Waals surface area contributed by atoms with Gasteiger partial charge in [-0.1, -0.05) is 29.8 Å². The van der Waals surface area contributed by atoms with Gasteiger partial charge in [0.15, 0.2) is 6.61 Å². The van der Waals surface area contributed by atoms with Gasteiger partial charge in [0, 0.05) is 12.4 Å². The third-order valence-electron chi connectivity index (χ3n) is 2.02. The number of aromatic nitrogens is 1. The molecule has 0 bridgehead atoms. The normalized spacial score (nSPS) is 9.93. The average molecular weight is 198 g/mol. The van der Waals surface area contributed by atoms with E-state index in [0.29, 0.717) is 0 Å². The Morgan fingerprint density at radius 3 is 2.67 bits per heavy atom. The quantitative estimate of drug-likeness (QED) is 0.756. The molecule has 1 aromatic heterocycles. The number of nitrogens with zero attached hydrogens (tertiary/aromatic N) is 1. The summed E-state index contributed by atoms with van der Waals surface area (Å²) in [6.07, 6.45) is 3.42. The summed E-state index contributed by atoms with van der Waals surface area (Å²) in [5, 5.41) is 0. The van der Waals surface area contributed by atoms with Gasteiger partial charge in [-0.25, -0.2) is 0 Å². The third-order valence-corrected chi connectivity index (χ3v) is 2.02. The van der Waals surface area contributed by atoms with Crippen LogP contribution >= 0.6 is 0 Å². The summed E-state index contributed by atoms with van der Waals surface area (Å²) in [7, 11) is 0. The highest BCUT2D eigenvalue weighted by Gasteiger charge is 1.96. The zero-order chi connectivity index (χ0) is 10.5. The Balaban J connectivity index is 1.99. The maximum Gasteiger partial charge on any atom is 0.165 e. The van der Waals surface area contributed by atoms with Crippen molar-refractivity contribution in [2.75, 3.05) is 0 Å². The van der Waals surface area contributed by atoms with Gasteiger partial charge in [-0.2, -0.15) is 0 Å². The minimum absolute atomic E-state index is 0.798. The maximum atomic E-state index is 5.48. The van der Waals surface area contributed by atoms with Crippen molar-refractivity contribution in [1.82, 2.24) is 4.98 Å². The Morgan fingerprint density at radius 2 is 1.93 bits per heavy atom. The summed E-state index contributed by atoms with van der Waals surface area (Å²) in [6, 6.07) is 11.8. The lowest BCUT2D eigenvalue weighted by molar-refractivity contribution is 0.428. The predicted molar refractivity (Wildman–Crippen MR) is 59.4 cm³/mol. The first-order chi connectivity index (χ1) is 7.34. The molecule has 75 valence electrons. The lowest BCUT2D eigenvalue weighted by Crippen LogP contribution is -1.92. The van der Waals surface area contributed by atoms with Gasteiger partial charge in [-0.05, 0) is 24.6 Å². The van der Waals surface area contributed by atoms with Crippen molar-refractivity contribution in [2.45, 2.75) is 6.92 Å². The molecular formula is C13H12NO. The number of aryl methyl sites for hydroxylation is 1. The van der Waals surface area contributed by atoms with Crippen molar-refractivity contribution in [3.8, 4) is 5.75 Å². The molecule has 0 unspecified atom stereocenters. The van der Waals surface area contributed by atoms with E-state index in [2.05, 4.69) is 24.0 Å². The summed E-state index contributed by atoms with van der Waals surface area (Å²) in [4.78, 5) is 3.92. The van der Waals surface area contributed by atoms with Crippen molar-refractivity contribution in [1.29, 1.82) is 0 Å². The minimum atomic E-state index is 0.798. The van der Waals surface area contributed by atoms with E-state index >= 15 is 0 Å². The zero-order valence-electron chi connectivity index (χ0n) is 8.55. The van der Waals surface area contributed by atoms with Crippen molar-refractivity contribution < 1.29 is 4.74 Å². The molecule has 0 aliphatic heterocycles. The molecule has 0 spiro atoms. The first-order valence-corrected chi connectivity index (χ1v) is 4.81. The van der Waals surface area contributed by atoms with Crippen LogP contribution in [-0.2, 0) is 0 Å². The molecule has 2 heteroatoms. The second kappa shape index (κ2) is 4.60. The Hall–Kier alpha value is -1.83. The molecule has 0 atom stereocenters. The lowest BCUT2D eigenvalue weighted by atomic mass is 10.1. The Labute approximate surface area is 89.6 Å². The molecule has 2 nitrogen and oxygen atoms in total. The molecule has 0 aliphatic carbocycles. The van der Waals surface area contributed by atoms with Crippen molar-refractivity contribution >= 4 is 0 Å². The average Bonchev–Trinajstić information content (AvgIpc) is 2.28. The number of ether oxygens (including phenoxy) is 1. The number of pyridine rings is 1. The summed E-state index contributed by atoms with van der Waals surface area (Å²) >= 11 is 0. The number of rotatable bonds is 3. The first-order valence-electron chi connectivity index (χ1n) is 4.81. The van der Waals surface area contributed by atoms with Crippen LogP contribution in [0.5, 0.6) is 5.75 Å². The topological polar surface area (TPSA) is 22.1 Å². The summed E-state index contributed by atoms with van der Waals surface area (Å²) in [6.45, 7) is 3.80. The predicted octanol–water partition coefficient (Wildman–Crippen LogP) is 2.98. The molecule has 2 rings (SSSR count). The maximum absolute atomic E-state index is 5.48. The van der Waals surface area contributed by atoms with E-state index < -0.39 is 0 Å². The van der Waals surface area contributed by atoms with Crippen LogP contribution < -0.4 is 4.74 Å². The lowest BCUT2D eigenvalue weighted by Gasteiger charge is -2.04. The van der Waals surface area contributed by atoms with Gasteiger partial charge in [0.05, 0.1) is 0 Å². The highest BCUT2D eigenvalue weighted by molar-refractivity contribution is 5.28. The van der Waals surface area contributed by atoms with Crippen LogP contribution in [-0.4, -0.2) is 4.98 Å². The Kier molecular flexibility index (Phi) is 2.98. The van der Waals surface area contributed by atoms with E-state index in [0.717, 1.165) is 11.3 Å². The smallest absolute Gasteiger partial charge is 0.165 e. The molecule has 1 heterocycles. The van der Waals surface area contributed by atoms with Crippen LogP contribution in [0.25, 0.3) is 0 Å². The summed E-state index contributed by atoms with van der Waals surface area (Å²) < 4.78 is 5.48. The van der Waals surface area contributed by atoms with Crippen molar-refractivity contribution in [2.24, 2.45) is 0 Å². The van der Waals surface area contributed by atoms with E-state index in [1.807, 2.05) is 24.3 Å². The van der Waals surface area contributed by atoms with Crippen LogP contribution in [0, 0.1) is 13.5 Å². The number of hydrogen-bond acceptors (Lipinski definition) is 2. The molecule has 0 N–H and O–H groups in total. The van der Waals surface area contributed by atoms with Gasteiger partial charge < -0.3 is 4.74 Å². The molecular weight excluding hydrogens is 186 g/mol. The molecule has 1 radical (unpaired) electrons. The van der Waals surface area contributed by atoms with E-state index in [1.165, 1.54) is 5.56 Å². The fourth-order valence-electron chi connectivity index (χ4n) is 1.30. The highest BCUT2D eigenvalue weighted by Crippen LogP contribution is 2.12. The van der Waals surface area contributed by atoms with Crippen LogP contribution in [0.15, 0.2) is 48.8 Å². The molecule has 0 fully saturated rings. The monoisotopic (exact) mass is 198 g/mol. The Bertz CT molecular complexity index is 426. The highest BCUT2D eigenvalue weighted by atomic mass is 16.5. The number of benzene rings is 1. The first kappa shape index (κ1) is 9.71. The van der Waals surface area contributed by atoms with Crippen LogP contribution in [0.4, 0.5) is 0 Å². The Morgan fingerprint density at radius 1 is 1.13 bits per heavy atom. The van der Waals surface area contributed by atoms with Gasteiger partial charge in [0.2, 0.25) is 0 Å². The van der Waals surface area contributed by atoms with E-state index in [9.17, 15) is 0 Å². The fourth-order valence-corrected chi connectivity index (χ4v) is 1.30. The molecule has 0 saturated carbocycles. The second-order valence-electron chi connectivity index (χ2n) is 3.33. The van der Waals surface area contributed by atoms with E-state index in [-0.39, 0.29) is 0 Å². The van der Waals surface area contributed by atoms with Crippen molar-refractivity contribution in [3.05, 3.63) is 66.5 Å². The summed E-state index contributed by atoms with van der Waals surface area (Å²) in [5.74, 6) is 0.798. The standard InChI is InChI=1S/C13H12NO/c1-11-3-2-4-12(9-11)10-15-13-5-7-14-8-6-13/h2-10H,1H3.